The Morgan fingerprint density at radius 2 is 2.22 bits per heavy atom. The van der Waals surface area contributed by atoms with Crippen molar-refractivity contribution in [2.75, 3.05) is 13.8 Å². The molecule has 2 aliphatic heterocycles. The summed E-state index contributed by atoms with van der Waals surface area (Å²) in [6.07, 6.45) is 5.41. The van der Waals surface area contributed by atoms with Crippen LogP contribution in [0.1, 0.15) is 18.9 Å². The van der Waals surface area contributed by atoms with Gasteiger partial charge in [0.25, 0.3) is 0 Å². The number of allylic oxidation sites excluding steroid dienone is 3. The molecule has 0 spiro atoms. The van der Waals surface area contributed by atoms with Gasteiger partial charge in [0.15, 0.2) is 6.67 Å². The van der Waals surface area contributed by atoms with Gasteiger partial charge in [0.1, 0.15) is 5.71 Å². The van der Waals surface area contributed by atoms with Gasteiger partial charge in [0.2, 0.25) is 11.8 Å². The molecule has 1 aromatic rings. The number of hydrogen-bond donors (Lipinski definition) is 1. The maximum absolute atomic E-state index is 13.7. The highest BCUT2D eigenvalue weighted by atomic mass is 35.5. The van der Waals surface area contributed by atoms with Gasteiger partial charge in [-0.2, -0.15) is 8.78 Å². The third kappa shape index (κ3) is 3.34. The normalized spacial score (nSPS) is 30.1. The fourth-order valence-corrected chi connectivity index (χ4v) is 3.43. The molecule has 1 aromatic heterocycles. The summed E-state index contributed by atoms with van der Waals surface area (Å²) in [6, 6.07) is 1.60. The highest BCUT2D eigenvalue weighted by Gasteiger charge is 2.48. The van der Waals surface area contributed by atoms with Crippen LogP contribution in [0.15, 0.2) is 41.3 Å². The standard InChI is InChI=1S/C18H17ClF3N3O2/c1-17(13-6-11(19)8-24-15(13)27-2)10-3-4-23-14(18(21,22)9-20)7-12(5-10)25-16(17)26/h3-4,6-8,10H,5,9H2,1-2H3,(H,25,26)/b4-3-,12-7+,23-14+. The Labute approximate surface area is 159 Å². The quantitative estimate of drug-likeness (QED) is 0.841. The number of piperidine rings is 1. The molecule has 2 aliphatic rings. The van der Waals surface area contributed by atoms with E-state index in [9.17, 15) is 18.0 Å². The summed E-state index contributed by atoms with van der Waals surface area (Å²) in [4.78, 5) is 20.8. The Bertz CT molecular complexity index is 869. The summed E-state index contributed by atoms with van der Waals surface area (Å²) >= 11 is 6.06. The first kappa shape index (κ1) is 19.4. The second kappa shape index (κ2) is 6.99. The number of carbonyl (C=O) groups is 1. The lowest BCUT2D eigenvalue weighted by atomic mass is 9.67. The molecule has 0 saturated carbocycles. The summed E-state index contributed by atoms with van der Waals surface area (Å²) < 4.78 is 45.3. The molecule has 27 heavy (non-hydrogen) atoms. The highest BCUT2D eigenvalue weighted by molar-refractivity contribution is 6.30. The van der Waals surface area contributed by atoms with Crippen LogP contribution < -0.4 is 10.1 Å². The summed E-state index contributed by atoms with van der Waals surface area (Å²) in [5.41, 5.74) is -1.14. The van der Waals surface area contributed by atoms with Gasteiger partial charge < -0.3 is 10.1 Å². The summed E-state index contributed by atoms with van der Waals surface area (Å²) in [7, 11) is 1.43. The molecule has 1 N–H and O–H groups in total. The van der Waals surface area contributed by atoms with Gasteiger partial charge in [-0.15, -0.1) is 0 Å². The first-order valence-corrected chi connectivity index (χ1v) is 8.51. The van der Waals surface area contributed by atoms with Crippen molar-refractivity contribution in [2.24, 2.45) is 10.9 Å². The van der Waals surface area contributed by atoms with Crippen molar-refractivity contribution in [3.8, 4) is 5.88 Å². The number of aromatic nitrogens is 1. The number of aliphatic imine (C=N–C) groups is 1. The van der Waals surface area contributed by atoms with Gasteiger partial charge in [-0.1, -0.05) is 17.7 Å². The molecule has 2 bridgehead atoms. The Morgan fingerprint density at radius 1 is 1.48 bits per heavy atom. The van der Waals surface area contributed by atoms with Gasteiger partial charge in [-0.25, -0.2) is 9.37 Å². The molecular formula is C18H17ClF3N3O2. The Hall–Kier alpha value is -2.35. The van der Waals surface area contributed by atoms with E-state index in [0.717, 1.165) is 6.08 Å². The van der Waals surface area contributed by atoms with Gasteiger partial charge in [-0.05, 0) is 25.5 Å². The maximum Gasteiger partial charge on any atom is 0.317 e. The lowest BCUT2D eigenvalue weighted by Crippen LogP contribution is -2.52. The zero-order chi connectivity index (χ0) is 19.8. The smallest absolute Gasteiger partial charge is 0.317 e. The number of nitrogens with zero attached hydrogens (tertiary/aromatic N) is 2. The topological polar surface area (TPSA) is 63.6 Å². The molecule has 2 atom stereocenters. The number of ether oxygens (including phenoxy) is 1. The van der Waals surface area contributed by atoms with Crippen LogP contribution in [0.2, 0.25) is 5.02 Å². The molecule has 2 unspecified atom stereocenters. The van der Waals surface area contributed by atoms with E-state index in [1.807, 2.05) is 0 Å². The molecule has 0 aliphatic carbocycles. The van der Waals surface area contributed by atoms with Crippen molar-refractivity contribution in [1.82, 2.24) is 10.3 Å². The van der Waals surface area contributed by atoms with Crippen molar-refractivity contribution < 1.29 is 22.7 Å². The second-order valence-corrected chi connectivity index (χ2v) is 6.98. The van der Waals surface area contributed by atoms with Crippen molar-refractivity contribution in [1.29, 1.82) is 0 Å². The van der Waals surface area contributed by atoms with E-state index >= 15 is 0 Å². The minimum atomic E-state index is -3.73. The number of halogens is 4. The molecule has 9 heteroatoms. The monoisotopic (exact) mass is 399 g/mol. The molecule has 1 amide bonds. The number of alkyl halides is 3. The van der Waals surface area contributed by atoms with Crippen LogP contribution in [0.4, 0.5) is 13.2 Å². The second-order valence-electron chi connectivity index (χ2n) is 6.54. The van der Waals surface area contributed by atoms with Crippen LogP contribution in [0.25, 0.3) is 0 Å². The average molecular weight is 400 g/mol. The number of nitrogens with one attached hydrogen (secondary N) is 1. The number of rotatable bonds is 4. The predicted octanol–water partition coefficient (Wildman–Crippen LogP) is 3.59. The molecule has 5 nitrogen and oxygen atoms in total. The number of carbonyl (C=O) groups excluding carboxylic acids is 1. The van der Waals surface area contributed by atoms with E-state index < -0.39 is 35.5 Å². The van der Waals surface area contributed by atoms with Crippen LogP contribution in [0.5, 0.6) is 5.88 Å². The molecule has 1 fully saturated rings. The first-order chi connectivity index (χ1) is 12.7. The maximum atomic E-state index is 13.7. The fourth-order valence-electron chi connectivity index (χ4n) is 3.27. The fraction of sp³-hybridized carbons (Fsp3) is 0.389. The number of pyridine rings is 1. The number of amides is 1. The van der Waals surface area contributed by atoms with Gasteiger partial charge in [-0.3, -0.25) is 9.79 Å². The minimum absolute atomic E-state index is 0.243. The Balaban J connectivity index is 2.10. The van der Waals surface area contributed by atoms with Crippen LogP contribution in [0, 0.1) is 5.92 Å². The van der Waals surface area contributed by atoms with E-state index in [2.05, 4.69) is 15.3 Å². The van der Waals surface area contributed by atoms with Crippen molar-refractivity contribution >= 4 is 23.2 Å². The van der Waals surface area contributed by atoms with E-state index in [1.54, 1.807) is 19.1 Å². The van der Waals surface area contributed by atoms with E-state index in [0.29, 0.717) is 10.6 Å². The molecule has 144 valence electrons. The molecule has 3 rings (SSSR count). The summed E-state index contributed by atoms with van der Waals surface area (Å²) in [5.74, 6) is -4.33. The van der Waals surface area contributed by atoms with E-state index in [1.165, 1.54) is 19.5 Å². The average Bonchev–Trinajstić information content (AvgIpc) is 2.62. The van der Waals surface area contributed by atoms with Crippen LogP contribution in [0.3, 0.4) is 0 Å². The highest BCUT2D eigenvalue weighted by Crippen LogP contribution is 2.44. The zero-order valence-corrected chi connectivity index (χ0v) is 15.4. The lowest BCUT2D eigenvalue weighted by Gasteiger charge is -2.41. The van der Waals surface area contributed by atoms with Crippen molar-refractivity contribution in [3.63, 3.8) is 0 Å². The largest absolute Gasteiger partial charge is 0.481 e. The molecule has 3 heterocycles. The van der Waals surface area contributed by atoms with E-state index in [-0.39, 0.29) is 18.0 Å². The molecule has 0 aromatic carbocycles. The van der Waals surface area contributed by atoms with Gasteiger partial charge in [0.05, 0.1) is 17.5 Å². The van der Waals surface area contributed by atoms with Crippen LogP contribution in [-0.4, -0.2) is 36.3 Å². The molecule has 1 saturated heterocycles. The zero-order valence-electron chi connectivity index (χ0n) is 14.6. The first-order valence-electron chi connectivity index (χ1n) is 8.13. The van der Waals surface area contributed by atoms with E-state index in [4.69, 9.17) is 16.3 Å². The molecule has 0 radical (unpaired) electrons. The third-order valence-electron chi connectivity index (χ3n) is 4.88. The number of methoxy groups -OCH3 is 1. The SMILES string of the molecule is COc1ncc(Cl)cc1C1(C)C(=O)N/C2=C/C(C(F)(F)CF)=N\C=C/C1C2. The number of fused-ring (bicyclic) bond motifs is 2. The molecular weight excluding hydrogens is 383 g/mol. The summed E-state index contributed by atoms with van der Waals surface area (Å²) in [6.45, 7) is -0.170. The van der Waals surface area contributed by atoms with Crippen molar-refractivity contribution in [3.05, 3.63) is 46.9 Å². The predicted molar refractivity (Wildman–Crippen MR) is 95.0 cm³/mol. The Kier molecular flexibility index (Phi) is 5.03. The summed E-state index contributed by atoms with van der Waals surface area (Å²) in [5, 5.41) is 2.96. The lowest BCUT2D eigenvalue weighted by molar-refractivity contribution is -0.128. The third-order valence-corrected chi connectivity index (χ3v) is 5.09. The van der Waals surface area contributed by atoms with Crippen LogP contribution in [-0.2, 0) is 10.2 Å². The minimum Gasteiger partial charge on any atom is -0.481 e. The Morgan fingerprint density at radius 3 is 2.89 bits per heavy atom. The van der Waals surface area contributed by atoms with Gasteiger partial charge in [0, 0.05) is 29.6 Å². The number of hydrogen-bond acceptors (Lipinski definition) is 4. The van der Waals surface area contributed by atoms with Crippen molar-refractivity contribution in [2.45, 2.75) is 24.7 Å². The van der Waals surface area contributed by atoms with Gasteiger partial charge >= 0.3 is 5.92 Å². The van der Waals surface area contributed by atoms with Crippen LogP contribution >= 0.6 is 11.6 Å².